The van der Waals surface area contributed by atoms with E-state index >= 15 is 0 Å². The van der Waals surface area contributed by atoms with E-state index in [2.05, 4.69) is 64.7 Å². The Morgan fingerprint density at radius 1 is 1.19 bits per heavy atom. The Bertz CT molecular complexity index is 513. The van der Waals surface area contributed by atoms with Gasteiger partial charge in [-0.25, -0.2) is 0 Å². The second-order valence-electron chi connectivity index (χ2n) is 5.67. The van der Waals surface area contributed by atoms with Gasteiger partial charge >= 0.3 is 0 Å². The predicted molar refractivity (Wildman–Crippen MR) is 87.2 cm³/mol. The van der Waals surface area contributed by atoms with Crippen molar-refractivity contribution in [1.82, 2.24) is 20.4 Å². The molecular formula is C17H26N4. The molecule has 0 amide bonds. The van der Waals surface area contributed by atoms with Crippen LogP contribution < -0.4 is 5.32 Å². The summed E-state index contributed by atoms with van der Waals surface area (Å²) in [7, 11) is 2.18. The molecule has 0 atom stereocenters. The summed E-state index contributed by atoms with van der Waals surface area (Å²) in [5.74, 6) is 0. The summed E-state index contributed by atoms with van der Waals surface area (Å²) < 4.78 is 0. The van der Waals surface area contributed by atoms with Gasteiger partial charge in [-0.15, -0.1) is 0 Å². The van der Waals surface area contributed by atoms with E-state index in [1.165, 1.54) is 16.8 Å². The maximum Gasteiger partial charge on any atom is 0.0638 e. The van der Waals surface area contributed by atoms with Crippen molar-refractivity contribution in [3.63, 3.8) is 0 Å². The Balaban J connectivity index is 1.61. The topological polar surface area (TPSA) is 44.0 Å². The molecule has 1 aromatic carbocycles. The van der Waals surface area contributed by atoms with Crippen molar-refractivity contribution in [2.24, 2.45) is 0 Å². The standard InChI is InChI=1S/C17H26N4/c1-14-17(15(2)20-19-14)12-18-10-7-11-21(3)13-16-8-5-4-6-9-16/h4-6,8-9,18H,7,10-13H2,1-3H3,(H,19,20). The number of nitrogens with zero attached hydrogens (tertiary/aromatic N) is 2. The minimum absolute atomic E-state index is 0.899. The van der Waals surface area contributed by atoms with Crippen LogP contribution in [0, 0.1) is 13.8 Å². The smallest absolute Gasteiger partial charge is 0.0638 e. The molecule has 1 aromatic heterocycles. The molecule has 4 nitrogen and oxygen atoms in total. The van der Waals surface area contributed by atoms with E-state index in [0.717, 1.165) is 38.3 Å². The van der Waals surface area contributed by atoms with Crippen LogP contribution in [-0.2, 0) is 13.1 Å². The van der Waals surface area contributed by atoms with Crippen molar-refractivity contribution in [1.29, 1.82) is 0 Å². The number of H-pyrrole nitrogens is 1. The Kier molecular flexibility index (Phi) is 5.96. The summed E-state index contributed by atoms with van der Waals surface area (Å²) in [5.41, 5.74) is 4.94. The average Bonchev–Trinajstić information content (AvgIpc) is 2.79. The maximum absolute atomic E-state index is 4.22. The highest BCUT2D eigenvalue weighted by atomic mass is 15.1. The number of benzene rings is 1. The normalized spacial score (nSPS) is 11.2. The first-order valence-electron chi connectivity index (χ1n) is 7.60. The third-order valence-corrected chi connectivity index (χ3v) is 3.77. The SMILES string of the molecule is Cc1n[nH]c(C)c1CNCCCN(C)Cc1ccccc1. The first-order chi connectivity index (χ1) is 10.2. The molecule has 0 unspecified atom stereocenters. The first-order valence-corrected chi connectivity index (χ1v) is 7.60. The van der Waals surface area contributed by atoms with Crippen molar-refractivity contribution in [3.8, 4) is 0 Å². The monoisotopic (exact) mass is 286 g/mol. The molecule has 1 heterocycles. The summed E-state index contributed by atoms with van der Waals surface area (Å²) in [4.78, 5) is 2.37. The van der Waals surface area contributed by atoms with Gasteiger partial charge in [0.2, 0.25) is 0 Å². The van der Waals surface area contributed by atoms with Crippen LogP contribution in [0.3, 0.4) is 0 Å². The zero-order valence-electron chi connectivity index (χ0n) is 13.3. The summed E-state index contributed by atoms with van der Waals surface area (Å²) in [5, 5.41) is 10.7. The highest BCUT2D eigenvalue weighted by molar-refractivity contribution is 5.22. The first kappa shape index (κ1) is 15.7. The van der Waals surface area contributed by atoms with Crippen molar-refractivity contribution < 1.29 is 0 Å². The lowest BCUT2D eigenvalue weighted by molar-refractivity contribution is 0.319. The third-order valence-electron chi connectivity index (χ3n) is 3.77. The van der Waals surface area contributed by atoms with Gasteiger partial charge in [-0.05, 0) is 46.0 Å². The quantitative estimate of drug-likeness (QED) is 0.733. The van der Waals surface area contributed by atoms with E-state index < -0.39 is 0 Å². The number of aryl methyl sites for hydroxylation is 2. The van der Waals surface area contributed by atoms with Gasteiger partial charge < -0.3 is 10.2 Å². The van der Waals surface area contributed by atoms with E-state index in [0.29, 0.717) is 0 Å². The van der Waals surface area contributed by atoms with E-state index in [-0.39, 0.29) is 0 Å². The number of hydrogen-bond acceptors (Lipinski definition) is 3. The molecule has 0 bridgehead atoms. The molecule has 0 saturated heterocycles. The average molecular weight is 286 g/mol. The second-order valence-corrected chi connectivity index (χ2v) is 5.67. The molecule has 2 rings (SSSR count). The van der Waals surface area contributed by atoms with Crippen LogP contribution in [0.15, 0.2) is 30.3 Å². The number of aromatic nitrogens is 2. The van der Waals surface area contributed by atoms with Gasteiger partial charge in [0.1, 0.15) is 0 Å². The van der Waals surface area contributed by atoms with Crippen molar-refractivity contribution in [3.05, 3.63) is 52.8 Å². The fourth-order valence-electron chi connectivity index (χ4n) is 2.50. The molecule has 0 aliphatic carbocycles. The van der Waals surface area contributed by atoms with Gasteiger partial charge in [-0.3, -0.25) is 5.10 Å². The summed E-state index contributed by atoms with van der Waals surface area (Å²) in [6.07, 6.45) is 1.15. The van der Waals surface area contributed by atoms with Crippen LogP contribution in [0.25, 0.3) is 0 Å². The van der Waals surface area contributed by atoms with Gasteiger partial charge in [0.15, 0.2) is 0 Å². The highest BCUT2D eigenvalue weighted by Crippen LogP contribution is 2.08. The van der Waals surface area contributed by atoms with Crippen LogP contribution in [0.4, 0.5) is 0 Å². The van der Waals surface area contributed by atoms with Gasteiger partial charge in [-0.2, -0.15) is 5.10 Å². The van der Waals surface area contributed by atoms with Crippen LogP contribution >= 0.6 is 0 Å². The molecule has 0 saturated carbocycles. The zero-order valence-corrected chi connectivity index (χ0v) is 13.3. The van der Waals surface area contributed by atoms with Crippen molar-refractivity contribution >= 4 is 0 Å². The van der Waals surface area contributed by atoms with Gasteiger partial charge in [-0.1, -0.05) is 30.3 Å². The number of aromatic amines is 1. The molecule has 4 heteroatoms. The van der Waals surface area contributed by atoms with E-state index in [9.17, 15) is 0 Å². The van der Waals surface area contributed by atoms with Crippen LogP contribution in [0.1, 0.15) is 28.9 Å². The minimum atomic E-state index is 0.899. The molecule has 0 spiro atoms. The fraction of sp³-hybridized carbons (Fsp3) is 0.471. The zero-order chi connectivity index (χ0) is 15.1. The number of nitrogens with one attached hydrogen (secondary N) is 2. The predicted octanol–water partition coefficient (Wildman–Crippen LogP) is 2.64. The molecular weight excluding hydrogens is 260 g/mol. The number of rotatable bonds is 8. The molecule has 0 aliphatic heterocycles. The lowest BCUT2D eigenvalue weighted by Gasteiger charge is -2.16. The summed E-state index contributed by atoms with van der Waals surface area (Å²) >= 11 is 0. The Labute approximate surface area is 127 Å². The minimum Gasteiger partial charge on any atom is -0.312 e. The van der Waals surface area contributed by atoms with E-state index in [1.807, 2.05) is 6.92 Å². The van der Waals surface area contributed by atoms with Crippen LogP contribution in [0.5, 0.6) is 0 Å². The molecule has 0 fully saturated rings. The largest absolute Gasteiger partial charge is 0.312 e. The lowest BCUT2D eigenvalue weighted by Crippen LogP contribution is -2.24. The molecule has 114 valence electrons. The molecule has 0 radical (unpaired) electrons. The Morgan fingerprint density at radius 3 is 2.62 bits per heavy atom. The second kappa shape index (κ2) is 7.96. The van der Waals surface area contributed by atoms with Crippen LogP contribution in [-0.4, -0.2) is 35.2 Å². The highest BCUT2D eigenvalue weighted by Gasteiger charge is 2.05. The van der Waals surface area contributed by atoms with Gasteiger partial charge in [0, 0.05) is 24.3 Å². The lowest BCUT2D eigenvalue weighted by atomic mass is 10.2. The molecule has 2 N–H and O–H groups in total. The van der Waals surface area contributed by atoms with Gasteiger partial charge in [0.25, 0.3) is 0 Å². The molecule has 2 aromatic rings. The van der Waals surface area contributed by atoms with Gasteiger partial charge in [0.05, 0.1) is 5.69 Å². The van der Waals surface area contributed by atoms with E-state index in [1.54, 1.807) is 0 Å². The van der Waals surface area contributed by atoms with Crippen molar-refractivity contribution in [2.75, 3.05) is 20.1 Å². The van der Waals surface area contributed by atoms with E-state index in [4.69, 9.17) is 0 Å². The number of hydrogen-bond donors (Lipinski definition) is 2. The Hall–Kier alpha value is -1.65. The third kappa shape index (κ3) is 4.99. The summed E-state index contributed by atoms with van der Waals surface area (Å²) in [6.45, 7) is 8.17. The Morgan fingerprint density at radius 2 is 1.95 bits per heavy atom. The summed E-state index contributed by atoms with van der Waals surface area (Å²) in [6, 6.07) is 10.6. The van der Waals surface area contributed by atoms with Crippen molar-refractivity contribution in [2.45, 2.75) is 33.4 Å². The molecule has 0 aliphatic rings. The molecule has 21 heavy (non-hydrogen) atoms. The fourth-order valence-corrected chi connectivity index (χ4v) is 2.50. The van der Waals surface area contributed by atoms with Crippen LogP contribution in [0.2, 0.25) is 0 Å². The maximum atomic E-state index is 4.22.